The van der Waals surface area contributed by atoms with Crippen LogP contribution in [0.1, 0.15) is 6.42 Å². The van der Waals surface area contributed by atoms with Gasteiger partial charge in [0, 0.05) is 19.1 Å². The molecule has 2 nitrogen and oxygen atoms in total. The molecule has 0 bridgehead atoms. The Kier molecular flexibility index (Phi) is 3.48. The van der Waals surface area contributed by atoms with E-state index in [0.717, 1.165) is 6.17 Å². The average molecular weight is 204 g/mol. The SMILES string of the molecule is C[Si](C)(C)CN1C[C@H](F)C[C@H]1CN. The van der Waals surface area contributed by atoms with Crippen molar-refractivity contribution in [2.45, 2.75) is 38.3 Å². The van der Waals surface area contributed by atoms with Gasteiger partial charge in [-0.05, 0) is 12.6 Å². The number of alkyl halides is 1. The predicted octanol–water partition coefficient (Wildman–Crippen LogP) is 1.23. The van der Waals surface area contributed by atoms with E-state index in [2.05, 4.69) is 24.5 Å². The second-order valence-corrected chi connectivity index (χ2v) is 10.7. The van der Waals surface area contributed by atoms with E-state index in [-0.39, 0.29) is 0 Å². The molecule has 0 amide bonds. The fraction of sp³-hybridized carbons (Fsp3) is 1.00. The van der Waals surface area contributed by atoms with E-state index in [1.165, 1.54) is 0 Å². The highest BCUT2D eigenvalue weighted by Crippen LogP contribution is 2.21. The van der Waals surface area contributed by atoms with Crippen molar-refractivity contribution >= 4 is 8.07 Å². The molecule has 2 atom stereocenters. The van der Waals surface area contributed by atoms with Crippen LogP contribution in [0.4, 0.5) is 4.39 Å². The van der Waals surface area contributed by atoms with Gasteiger partial charge < -0.3 is 5.73 Å². The zero-order chi connectivity index (χ0) is 10.1. The molecule has 0 aromatic rings. The Hall–Kier alpha value is 0.0669. The van der Waals surface area contributed by atoms with Crippen molar-refractivity contribution in [2.75, 3.05) is 19.3 Å². The highest BCUT2D eigenvalue weighted by molar-refractivity contribution is 6.76. The molecule has 0 unspecified atom stereocenters. The predicted molar refractivity (Wildman–Crippen MR) is 57.3 cm³/mol. The van der Waals surface area contributed by atoms with Crippen molar-refractivity contribution in [3.05, 3.63) is 0 Å². The van der Waals surface area contributed by atoms with E-state index in [0.29, 0.717) is 25.6 Å². The largest absolute Gasteiger partial charge is 0.329 e. The summed E-state index contributed by atoms with van der Waals surface area (Å²) in [7, 11) is -1.11. The Labute approximate surface area is 81.3 Å². The molecule has 78 valence electrons. The molecule has 1 aliphatic heterocycles. The van der Waals surface area contributed by atoms with Gasteiger partial charge in [-0.1, -0.05) is 19.6 Å². The fourth-order valence-electron chi connectivity index (χ4n) is 1.97. The number of rotatable bonds is 3. The van der Waals surface area contributed by atoms with Gasteiger partial charge in [-0.25, -0.2) is 4.39 Å². The Morgan fingerprint density at radius 3 is 2.54 bits per heavy atom. The molecule has 0 spiro atoms. The molecular weight excluding hydrogens is 183 g/mol. The maximum Gasteiger partial charge on any atom is 0.114 e. The lowest BCUT2D eigenvalue weighted by Crippen LogP contribution is -2.45. The minimum absolute atomic E-state index is 0.293. The van der Waals surface area contributed by atoms with Crippen LogP contribution in [0.15, 0.2) is 0 Å². The summed E-state index contributed by atoms with van der Waals surface area (Å²) in [5, 5.41) is 0. The third-order valence-corrected chi connectivity index (χ3v) is 3.78. The number of nitrogens with zero attached hydrogens (tertiary/aromatic N) is 1. The highest BCUT2D eigenvalue weighted by Gasteiger charge is 2.33. The minimum atomic E-state index is -1.11. The van der Waals surface area contributed by atoms with Gasteiger partial charge in [0.15, 0.2) is 0 Å². The monoisotopic (exact) mass is 204 g/mol. The van der Waals surface area contributed by atoms with Crippen LogP contribution in [-0.4, -0.2) is 44.4 Å². The van der Waals surface area contributed by atoms with Crippen molar-refractivity contribution in [3.63, 3.8) is 0 Å². The van der Waals surface area contributed by atoms with Crippen molar-refractivity contribution < 1.29 is 4.39 Å². The fourth-order valence-corrected chi connectivity index (χ4v) is 3.58. The topological polar surface area (TPSA) is 29.3 Å². The maximum absolute atomic E-state index is 13.1. The number of likely N-dealkylation sites (tertiary alicyclic amines) is 1. The first-order chi connectivity index (χ1) is 5.92. The van der Waals surface area contributed by atoms with Gasteiger partial charge in [0.2, 0.25) is 0 Å². The van der Waals surface area contributed by atoms with Crippen molar-refractivity contribution in [1.82, 2.24) is 4.90 Å². The van der Waals surface area contributed by atoms with Crippen LogP contribution in [-0.2, 0) is 0 Å². The smallest absolute Gasteiger partial charge is 0.114 e. The first-order valence-corrected chi connectivity index (χ1v) is 8.71. The van der Waals surface area contributed by atoms with E-state index in [1.54, 1.807) is 0 Å². The maximum atomic E-state index is 13.1. The van der Waals surface area contributed by atoms with Crippen LogP contribution in [0, 0.1) is 0 Å². The molecule has 1 fully saturated rings. The van der Waals surface area contributed by atoms with Crippen LogP contribution >= 0.6 is 0 Å². The first-order valence-electron chi connectivity index (χ1n) is 5.00. The van der Waals surface area contributed by atoms with Crippen LogP contribution in [0.5, 0.6) is 0 Å². The van der Waals surface area contributed by atoms with Crippen LogP contribution in [0.25, 0.3) is 0 Å². The van der Waals surface area contributed by atoms with Crippen molar-refractivity contribution in [3.8, 4) is 0 Å². The summed E-state index contributed by atoms with van der Waals surface area (Å²) in [5.74, 6) is 0. The molecule has 2 N–H and O–H groups in total. The van der Waals surface area contributed by atoms with Gasteiger partial charge in [0.05, 0.1) is 8.07 Å². The Morgan fingerprint density at radius 2 is 2.08 bits per heavy atom. The van der Waals surface area contributed by atoms with Gasteiger partial charge in [-0.3, -0.25) is 4.90 Å². The molecule has 13 heavy (non-hydrogen) atoms. The van der Waals surface area contributed by atoms with E-state index in [1.807, 2.05) is 0 Å². The molecule has 1 rings (SSSR count). The minimum Gasteiger partial charge on any atom is -0.329 e. The van der Waals surface area contributed by atoms with Crippen LogP contribution in [0.3, 0.4) is 0 Å². The Bertz CT molecular complexity index is 169. The van der Waals surface area contributed by atoms with Gasteiger partial charge in [0.1, 0.15) is 6.17 Å². The van der Waals surface area contributed by atoms with Crippen LogP contribution < -0.4 is 5.73 Å². The molecule has 0 radical (unpaired) electrons. The van der Waals surface area contributed by atoms with E-state index >= 15 is 0 Å². The summed E-state index contributed by atoms with van der Waals surface area (Å²) in [4.78, 5) is 2.25. The number of nitrogens with two attached hydrogens (primary N) is 1. The second kappa shape index (κ2) is 4.07. The Balaban J connectivity index is 2.49. The molecule has 0 saturated carbocycles. The molecule has 0 aliphatic carbocycles. The lowest BCUT2D eigenvalue weighted by Gasteiger charge is -2.29. The second-order valence-electron chi connectivity index (χ2n) is 5.21. The third kappa shape index (κ3) is 3.36. The lowest BCUT2D eigenvalue weighted by molar-refractivity contribution is 0.279. The quantitative estimate of drug-likeness (QED) is 0.701. The average Bonchev–Trinajstić information content (AvgIpc) is 2.27. The van der Waals surface area contributed by atoms with Gasteiger partial charge in [-0.2, -0.15) is 0 Å². The van der Waals surface area contributed by atoms with E-state index in [4.69, 9.17) is 5.73 Å². The zero-order valence-electron chi connectivity index (χ0n) is 8.89. The van der Waals surface area contributed by atoms with E-state index < -0.39 is 14.2 Å². The molecular formula is C9H21FN2Si. The summed E-state index contributed by atoms with van der Waals surface area (Å²) in [6, 6.07) is 0.293. The first kappa shape index (κ1) is 11.1. The normalized spacial score (nSPS) is 31.2. The molecule has 1 aliphatic rings. The third-order valence-electron chi connectivity index (χ3n) is 2.43. The molecule has 1 heterocycles. The van der Waals surface area contributed by atoms with E-state index in [9.17, 15) is 4.39 Å². The summed E-state index contributed by atoms with van der Waals surface area (Å²) >= 11 is 0. The van der Waals surface area contributed by atoms with Gasteiger partial charge >= 0.3 is 0 Å². The molecule has 0 aromatic heterocycles. The molecule has 0 aromatic carbocycles. The highest BCUT2D eigenvalue weighted by atomic mass is 28.3. The molecule has 4 heteroatoms. The summed E-state index contributed by atoms with van der Waals surface area (Å²) in [6.45, 7) is 8.14. The van der Waals surface area contributed by atoms with Gasteiger partial charge in [0.25, 0.3) is 0 Å². The Morgan fingerprint density at radius 1 is 1.46 bits per heavy atom. The molecule has 1 saturated heterocycles. The number of hydrogen-bond donors (Lipinski definition) is 1. The summed E-state index contributed by atoms with van der Waals surface area (Å²) in [6.07, 6.45) is 1.07. The van der Waals surface area contributed by atoms with Crippen molar-refractivity contribution in [1.29, 1.82) is 0 Å². The summed E-state index contributed by atoms with van der Waals surface area (Å²) in [5.41, 5.74) is 5.61. The van der Waals surface area contributed by atoms with Crippen LogP contribution in [0.2, 0.25) is 19.6 Å². The number of halogens is 1. The number of hydrogen-bond acceptors (Lipinski definition) is 2. The van der Waals surface area contributed by atoms with Crippen molar-refractivity contribution in [2.24, 2.45) is 5.73 Å². The van der Waals surface area contributed by atoms with Gasteiger partial charge in [-0.15, -0.1) is 0 Å². The zero-order valence-corrected chi connectivity index (χ0v) is 9.89. The summed E-state index contributed by atoms with van der Waals surface area (Å²) < 4.78 is 13.1. The standard InChI is InChI=1S/C9H21FN2Si/c1-13(2,3)7-12-6-8(10)4-9(12)5-11/h8-9H,4-7,11H2,1-3H3/t8-,9+/m1/s1. The lowest BCUT2D eigenvalue weighted by atomic mass is 10.2.